The van der Waals surface area contributed by atoms with Crippen molar-refractivity contribution in [3.8, 4) is 22.5 Å². The van der Waals surface area contributed by atoms with Crippen molar-refractivity contribution in [2.24, 2.45) is 5.92 Å². The molecule has 5 heterocycles. The Morgan fingerprint density at radius 3 is 2.34 bits per heavy atom. The van der Waals surface area contributed by atoms with Crippen molar-refractivity contribution in [2.45, 2.75) is 95.2 Å². The van der Waals surface area contributed by atoms with Gasteiger partial charge in [0.1, 0.15) is 24.7 Å². The van der Waals surface area contributed by atoms with Crippen molar-refractivity contribution in [3.63, 3.8) is 0 Å². The van der Waals surface area contributed by atoms with E-state index in [1.807, 2.05) is 43.3 Å². The molecule has 3 amide bonds. The number of anilines is 2. The second kappa shape index (κ2) is 23.7. The number of amides is 3. The van der Waals surface area contributed by atoms with E-state index in [0.29, 0.717) is 40.4 Å². The Morgan fingerprint density at radius 1 is 0.875 bits per heavy atom. The number of cyclic esters (lactones) is 1. The largest absolute Gasteiger partial charge is 0.480 e. The van der Waals surface area contributed by atoms with Crippen LogP contribution in [-0.4, -0.2) is 92.7 Å². The van der Waals surface area contributed by atoms with E-state index in [4.69, 9.17) is 26.7 Å². The molecule has 8 N–H and O–H groups in total. The number of nitrogens with one attached hydrogen (secondary N) is 7. The maximum Gasteiger partial charge on any atom is 0.355 e. The molecule has 0 radical (unpaired) electrons. The molecule has 2 aliphatic rings. The summed E-state index contributed by atoms with van der Waals surface area (Å²) >= 11 is 5.65. The Hall–Kier alpha value is -8.80. The van der Waals surface area contributed by atoms with Gasteiger partial charge in [0.25, 0.3) is 5.56 Å². The van der Waals surface area contributed by atoms with Crippen LogP contribution in [0.15, 0.2) is 131 Å². The van der Waals surface area contributed by atoms with Crippen LogP contribution in [0.1, 0.15) is 68.5 Å². The molecule has 0 saturated heterocycles. The number of esters is 2. The number of thiocarbonyl (C=S) groups is 1. The summed E-state index contributed by atoms with van der Waals surface area (Å²) in [4.78, 5) is 93.3. The minimum Gasteiger partial charge on any atom is -0.480 e. The number of urea groups is 1. The number of aromatic nitrogens is 4. The van der Waals surface area contributed by atoms with Gasteiger partial charge < -0.3 is 50.7 Å². The van der Waals surface area contributed by atoms with E-state index in [0.717, 1.165) is 28.5 Å². The fourth-order valence-corrected chi connectivity index (χ4v) is 11.1. The lowest BCUT2D eigenvalue weighted by atomic mass is 9.85. The van der Waals surface area contributed by atoms with E-state index in [1.54, 1.807) is 73.9 Å². The van der Waals surface area contributed by atoms with Gasteiger partial charge in [0, 0.05) is 52.7 Å². The molecule has 23 heteroatoms. The van der Waals surface area contributed by atoms with E-state index < -0.39 is 69.0 Å². The van der Waals surface area contributed by atoms with Gasteiger partial charge in [-0.1, -0.05) is 88.4 Å². The van der Waals surface area contributed by atoms with Crippen LogP contribution >= 0.6 is 12.2 Å². The SMILES string of the molecule is CCCNC(=O)Nc1cccc(-c2ccc(CC(NS(=O)(=O)c3cccc(NC(=S)N[C@@H](Cc4cnc[nH]4)C(=O)N[C@@H](C(=O)O[C@]4(CC)C(=O)OCc5c4cc4n(c5=O)Cc5cc6ccccc6nc5-4)C(C)C)c3)C(=O)O)cc2)c1. The number of sulfonamides is 1. The maximum atomic E-state index is 14.5. The Kier molecular flexibility index (Phi) is 16.5. The third kappa shape index (κ3) is 12.1. The zero-order chi connectivity index (χ0) is 56.9. The Bertz CT molecular complexity index is 3720. The van der Waals surface area contributed by atoms with Gasteiger partial charge >= 0.3 is 23.9 Å². The normalized spacial score (nSPS) is 15.5. The van der Waals surface area contributed by atoms with Crippen molar-refractivity contribution in [1.29, 1.82) is 0 Å². The fraction of sp³-hybridized carbons (Fsp3) is 0.281. The Morgan fingerprint density at radius 2 is 1.62 bits per heavy atom. The van der Waals surface area contributed by atoms with Gasteiger partial charge in [-0.05, 0) is 103 Å². The van der Waals surface area contributed by atoms with Crippen molar-refractivity contribution in [2.75, 3.05) is 17.2 Å². The lowest BCUT2D eigenvalue weighted by Crippen LogP contribution is -2.56. The first-order valence-electron chi connectivity index (χ1n) is 25.9. The molecular weight excluding hydrogens is 1060 g/mol. The minimum absolute atomic E-state index is 0.0342. The van der Waals surface area contributed by atoms with Gasteiger partial charge in [-0.25, -0.2) is 32.8 Å². The number of carboxylic acid groups (broad SMARTS) is 1. The molecule has 2 aliphatic heterocycles. The lowest BCUT2D eigenvalue weighted by molar-refractivity contribution is -0.191. The standard InChI is InChI=1S/C57H58N10O11S2/c1-5-21-59-55(74)61-38-13-9-12-35(24-38)34-19-17-33(18-20-34)22-46(52(70)71)66-80(75,76)41-15-10-14-39(25-41)62-56(79)64-45(26-40-28-58-31-60-40)50(68)65-48(32(3)4)53(72)78-57(6-2)43-27-47-49-37(23-36-11-7-8-16-44(36)63-49)29-67(47)51(69)42(43)30-77-54(57)73/h7-20,23-25,27-28,31-32,45-46,48,66H,5-6,21-22,26,29-30H2,1-4H3,(H,58,60)(H,65,68)(H,70,71)(H2,59,61,74)(H2,62,64,79)/t45-,46?,48+,57-/m0/s1. The highest BCUT2D eigenvalue weighted by Gasteiger charge is 2.51. The van der Waals surface area contributed by atoms with Gasteiger partial charge in [0.15, 0.2) is 5.11 Å². The molecule has 7 aromatic rings. The van der Waals surface area contributed by atoms with Crippen molar-refractivity contribution >= 4 is 79.5 Å². The summed E-state index contributed by atoms with van der Waals surface area (Å²) in [7, 11) is -4.46. The summed E-state index contributed by atoms with van der Waals surface area (Å²) in [6.45, 7) is 7.38. The molecule has 0 saturated carbocycles. The molecule has 4 atom stereocenters. The molecular formula is C57H58N10O11S2. The van der Waals surface area contributed by atoms with Gasteiger partial charge in [-0.3, -0.25) is 14.4 Å². The molecule has 0 fully saturated rings. The number of H-pyrrole nitrogens is 1. The lowest BCUT2D eigenvalue weighted by Gasteiger charge is -2.37. The highest BCUT2D eigenvalue weighted by molar-refractivity contribution is 7.89. The van der Waals surface area contributed by atoms with Crippen molar-refractivity contribution in [3.05, 3.63) is 160 Å². The molecule has 1 unspecified atom stereocenters. The molecule has 3 aromatic heterocycles. The topological polar surface area (TPSA) is 294 Å². The Labute approximate surface area is 465 Å². The predicted octanol–water partition coefficient (Wildman–Crippen LogP) is 6.27. The van der Waals surface area contributed by atoms with E-state index >= 15 is 0 Å². The molecule has 0 aliphatic carbocycles. The average Bonchev–Trinajstić information content (AvgIpc) is 4.21. The number of carbonyl (C=O) groups excluding carboxylic acids is 4. The third-order valence-electron chi connectivity index (χ3n) is 13.9. The number of benzene rings is 4. The fourth-order valence-electron chi connectivity index (χ4n) is 9.66. The monoisotopic (exact) mass is 1120 g/mol. The minimum atomic E-state index is -4.46. The number of pyridine rings is 2. The van der Waals surface area contributed by atoms with E-state index in [9.17, 15) is 42.3 Å². The quantitative estimate of drug-likeness (QED) is 0.0308. The Balaban J connectivity index is 0.874. The number of carbonyl (C=O) groups is 5. The number of imidazole rings is 1. The van der Waals surface area contributed by atoms with Crippen LogP contribution in [0.2, 0.25) is 0 Å². The van der Waals surface area contributed by atoms with Crippen LogP contribution in [-0.2, 0) is 70.3 Å². The number of carboxylic acids is 1. The molecule has 80 heavy (non-hydrogen) atoms. The van der Waals surface area contributed by atoms with Crippen LogP contribution < -0.4 is 36.9 Å². The van der Waals surface area contributed by atoms with Crippen LogP contribution in [0.4, 0.5) is 16.2 Å². The summed E-state index contributed by atoms with van der Waals surface area (Å²) in [6, 6.07) is 26.4. The number of ether oxygens (including phenoxy) is 2. The molecule has 414 valence electrons. The van der Waals surface area contributed by atoms with Crippen LogP contribution in [0.25, 0.3) is 33.4 Å². The molecule has 9 rings (SSSR count). The first-order chi connectivity index (χ1) is 38.4. The van der Waals surface area contributed by atoms with E-state index in [-0.39, 0.29) is 65.3 Å². The predicted molar refractivity (Wildman–Crippen MR) is 302 cm³/mol. The van der Waals surface area contributed by atoms with Crippen LogP contribution in [0.5, 0.6) is 0 Å². The zero-order valence-corrected chi connectivity index (χ0v) is 45.6. The number of aromatic amines is 1. The highest BCUT2D eigenvalue weighted by atomic mass is 32.2. The number of hydrogen-bond acceptors (Lipinski definition) is 13. The number of aliphatic carboxylic acids is 1. The summed E-state index contributed by atoms with van der Waals surface area (Å²) in [5.41, 5.74) is 3.78. The first-order valence-corrected chi connectivity index (χ1v) is 27.8. The van der Waals surface area contributed by atoms with Gasteiger partial charge in [0.2, 0.25) is 21.5 Å². The van der Waals surface area contributed by atoms with Crippen LogP contribution in [0.3, 0.4) is 0 Å². The van der Waals surface area contributed by atoms with E-state index in [1.165, 1.54) is 36.8 Å². The number of nitrogens with zero attached hydrogens (tertiary/aromatic N) is 3. The summed E-state index contributed by atoms with van der Waals surface area (Å²) < 4.78 is 43.2. The second-order valence-corrected chi connectivity index (χ2v) is 21.9. The summed E-state index contributed by atoms with van der Waals surface area (Å²) in [6.07, 6.45) is 3.37. The average molecular weight is 1120 g/mol. The number of hydrogen-bond donors (Lipinski definition) is 8. The maximum absolute atomic E-state index is 14.5. The number of rotatable bonds is 20. The third-order valence-corrected chi connectivity index (χ3v) is 15.5. The summed E-state index contributed by atoms with van der Waals surface area (Å²) in [5, 5.41) is 25.1. The second-order valence-electron chi connectivity index (χ2n) is 19.7. The number of fused-ring (bicyclic) bond motifs is 5. The zero-order valence-electron chi connectivity index (χ0n) is 44.0. The van der Waals surface area contributed by atoms with Gasteiger partial charge in [-0.15, -0.1) is 0 Å². The number of para-hydroxylation sites is 1. The van der Waals surface area contributed by atoms with Crippen LogP contribution in [0, 0.1) is 5.92 Å². The molecule has 0 bridgehead atoms. The molecule has 0 spiro atoms. The van der Waals surface area contributed by atoms with Gasteiger partial charge in [0.05, 0.1) is 40.2 Å². The summed E-state index contributed by atoms with van der Waals surface area (Å²) in [5.74, 6) is -4.57. The van der Waals surface area contributed by atoms with Gasteiger partial charge in [-0.2, -0.15) is 4.72 Å². The van der Waals surface area contributed by atoms with E-state index in [2.05, 4.69) is 41.3 Å². The first kappa shape index (κ1) is 55.9. The van der Waals surface area contributed by atoms with Crippen molar-refractivity contribution in [1.82, 2.24) is 40.2 Å². The van der Waals surface area contributed by atoms with Crippen molar-refractivity contribution < 1.29 is 47.0 Å². The molecule has 21 nitrogen and oxygen atoms in total. The molecule has 4 aromatic carbocycles. The highest BCUT2D eigenvalue weighted by Crippen LogP contribution is 2.41. The smallest absolute Gasteiger partial charge is 0.355 e.